The van der Waals surface area contributed by atoms with Crippen molar-refractivity contribution in [2.24, 2.45) is 11.8 Å². The van der Waals surface area contributed by atoms with Crippen LogP contribution in [0.2, 0.25) is 5.02 Å². The predicted octanol–water partition coefficient (Wildman–Crippen LogP) is 3.01. The van der Waals surface area contributed by atoms with Crippen LogP contribution < -0.4 is 0 Å². The number of benzene rings is 1. The molecule has 1 amide bonds. The number of nitrogens with zero attached hydrogens (tertiary/aromatic N) is 2. The first kappa shape index (κ1) is 20.1. The Morgan fingerprint density at radius 1 is 1.04 bits per heavy atom. The molecule has 3 fully saturated rings. The number of hydrogen-bond donors (Lipinski definition) is 0. The van der Waals surface area contributed by atoms with Crippen molar-refractivity contribution >= 4 is 27.5 Å². The van der Waals surface area contributed by atoms with Crippen LogP contribution in [0.3, 0.4) is 0 Å². The molecule has 1 aromatic rings. The molecule has 0 N–H and O–H groups in total. The lowest BCUT2D eigenvalue weighted by Crippen LogP contribution is -2.44. The van der Waals surface area contributed by atoms with E-state index >= 15 is 0 Å². The molecule has 0 radical (unpaired) electrons. The smallest absolute Gasteiger partial charge is 0.253 e. The van der Waals surface area contributed by atoms with E-state index in [-0.39, 0.29) is 15.8 Å². The van der Waals surface area contributed by atoms with Crippen LogP contribution in [0.4, 0.5) is 0 Å². The van der Waals surface area contributed by atoms with Gasteiger partial charge in [-0.3, -0.25) is 4.79 Å². The molecule has 154 valence electrons. The number of amides is 1. The number of halogens is 1. The van der Waals surface area contributed by atoms with E-state index in [1.165, 1.54) is 42.1 Å². The molecule has 3 aliphatic rings. The molecule has 0 spiro atoms. The van der Waals surface area contributed by atoms with Crippen LogP contribution >= 0.6 is 11.6 Å². The van der Waals surface area contributed by atoms with Crippen molar-refractivity contribution in [3.63, 3.8) is 0 Å². The fraction of sp³-hybridized carbons (Fsp3) is 0.650. The van der Waals surface area contributed by atoms with Crippen LogP contribution in [0.25, 0.3) is 0 Å². The quantitative estimate of drug-likeness (QED) is 0.745. The van der Waals surface area contributed by atoms with Crippen molar-refractivity contribution in [1.29, 1.82) is 0 Å². The molecule has 28 heavy (non-hydrogen) atoms. The Morgan fingerprint density at radius 2 is 1.75 bits per heavy atom. The molecule has 2 saturated heterocycles. The van der Waals surface area contributed by atoms with Gasteiger partial charge in [-0.1, -0.05) is 30.9 Å². The number of hydrogen-bond acceptors (Lipinski definition) is 4. The molecule has 0 unspecified atom stereocenters. The lowest BCUT2D eigenvalue weighted by Gasteiger charge is -2.41. The molecule has 1 aromatic carbocycles. The first-order chi connectivity index (χ1) is 13.5. The van der Waals surface area contributed by atoms with Crippen LogP contribution in [0.15, 0.2) is 23.1 Å². The maximum atomic E-state index is 13.1. The SMILES string of the molecule is O=C(c1ccc(Cl)c(S(=O)(=O)N2CCOCC2)c1)N1CC[C@H]2CCCC[C@@H]2C1. The van der Waals surface area contributed by atoms with Gasteiger partial charge in [-0.2, -0.15) is 4.31 Å². The lowest BCUT2D eigenvalue weighted by atomic mass is 9.75. The van der Waals surface area contributed by atoms with Crippen LogP contribution in [-0.2, 0) is 14.8 Å². The van der Waals surface area contributed by atoms with Gasteiger partial charge in [-0.15, -0.1) is 0 Å². The van der Waals surface area contributed by atoms with Gasteiger partial charge in [0, 0.05) is 31.7 Å². The molecule has 2 atom stereocenters. The van der Waals surface area contributed by atoms with E-state index in [2.05, 4.69) is 0 Å². The van der Waals surface area contributed by atoms with E-state index in [1.807, 2.05) is 4.90 Å². The van der Waals surface area contributed by atoms with Gasteiger partial charge >= 0.3 is 0 Å². The molecule has 0 bridgehead atoms. The Morgan fingerprint density at radius 3 is 2.50 bits per heavy atom. The average molecular weight is 427 g/mol. The number of carbonyl (C=O) groups is 1. The lowest BCUT2D eigenvalue weighted by molar-refractivity contribution is 0.0520. The maximum absolute atomic E-state index is 13.1. The number of rotatable bonds is 3. The number of piperidine rings is 1. The summed E-state index contributed by atoms with van der Waals surface area (Å²) >= 11 is 6.22. The molecule has 2 heterocycles. The van der Waals surface area contributed by atoms with E-state index in [9.17, 15) is 13.2 Å². The summed E-state index contributed by atoms with van der Waals surface area (Å²) < 4.78 is 32.6. The average Bonchev–Trinajstić information content (AvgIpc) is 2.73. The first-order valence-electron chi connectivity index (χ1n) is 10.1. The van der Waals surface area contributed by atoms with E-state index in [1.54, 1.807) is 6.07 Å². The van der Waals surface area contributed by atoms with Crippen molar-refractivity contribution in [2.75, 3.05) is 39.4 Å². The number of likely N-dealkylation sites (tertiary alicyclic amines) is 1. The van der Waals surface area contributed by atoms with Crippen LogP contribution in [0, 0.1) is 11.8 Å². The number of morpholine rings is 1. The second-order valence-corrected chi connectivity index (χ2v) is 10.3. The second-order valence-electron chi connectivity index (χ2n) is 8.01. The Balaban J connectivity index is 1.55. The zero-order chi connectivity index (χ0) is 19.7. The summed E-state index contributed by atoms with van der Waals surface area (Å²) in [4.78, 5) is 15.0. The van der Waals surface area contributed by atoms with Gasteiger partial charge in [0.05, 0.1) is 18.2 Å². The molecule has 0 aromatic heterocycles. The number of ether oxygens (including phenoxy) is 1. The zero-order valence-corrected chi connectivity index (χ0v) is 17.6. The van der Waals surface area contributed by atoms with Crippen molar-refractivity contribution in [3.05, 3.63) is 28.8 Å². The summed E-state index contributed by atoms with van der Waals surface area (Å²) in [7, 11) is -3.75. The molecule has 1 saturated carbocycles. The highest BCUT2D eigenvalue weighted by Crippen LogP contribution is 2.36. The standard InChI is InChI=1S/C20H27ClN2O4S/c21-18-6-5-16(13-19(18)28(25,26)23-9-11-27-12-10-23)20(24)22-8-7-15-3-1-2-4-17(15)14-22/h5-6,13,15,17H,1-4,7-12,14H2/t15-,17-/m1/s1. The summed E-state index contributed by atoms with van der Waals surface area (Å²) in [5, 5.41) is 0.147. The summed E-state index contributed by atoms with van der Waals surface area (Å²) in [5.74, 6) is 1.22. The van der Waals surface area contributed by atoms with Crippen molar-refractivity contribution < 1.29 is 17.9 Å². The topological polar surface area (TPSA) is 66.9 Å². The van der Waals surface area contributed by atoms with Gasteiger partial charge in [0.15, 0.2) is 0 Å². The summed E-state index contributed by atoms with van der Waals surface area (Å²) in [6, 6.07) is 4.61. The van der Waals surface area contributed by atoms with Gasteiger partial charge in [0.1, 0.15) is 4.90 Å². The number of sulfonamides is 1. The molecule has 8 heteroatoms. The first-order valence-corrected chi connectivity index (χ1v) is 12.0. The van der Waals surface area contributed by atoms with E-state index in [0.717, 1.165) is 25.4 Å². The normalized spacial score (nSPS) is 26.7. The largest absolute Gasteiger partial charge is 0.379 e. The molecule has 6 nitrogen and oxygen atoms in total. The monoisotopic (exact) mass is 426 g/mol. The number of fused-ring (bicyclic) bond motifs is 1. The summed E-state index contributed by atoms with van der Waals surface area (Å²) in [5.41, 5.74) is 0.394. The van der Waals surface area contributed by atoms with Crippen molar-refractivity contribution in [2.45, 2.75) is 37.0 Å². The Labute approximate surface area is 171 Å². The van der Waals surface area contributed by atoms with Crippen molar-refractivity contribution in [1.82, 2.24) is 9.21 Å². The van der Waals surface area contributed by atoms with Crippen LogP contribution in [-0.4, -0.2) is 62.9 Å². The highest BCUT2D eigenvalue weighted by molar-refractivity contribution is 7.89. The van der Waals surface area contributed by atoms with Gasteiger partial charge < -0.3 is 9.64 Å². The molecule has 1 aliphatic carbocycles. The fourth-order valence-corrected chi connectivity index (χ4v) is 6.64. The minimum absolute atomic E-state index is 0.00877. The minimum atomic E-state index is -3.75. The van der Waals surface area contributed by atoms with E-state index in [4.69, 9.17) is 16.3 Å². The summed E-state index contributed by atoms with van der Waals surface area (Å²) in [6.07, 6.45) is 6.05. The van der Waals surface area contributed by atoms with Crippen LogP contribution in [0.5, 0.6) is 0 Å². The zero-order valence-electron chi connectivity index (χ0n) is 16.0. The third-order valence-electron chi connectivity index (χ3n) is 6.34. The van der Waals surface area contributed by atoms with Gasteiger partial charge in [-0.25, -0.2) is 8.42 Å². The Hall–Kier alpha value is -1.15. The molecule has 4 rings (SSSR count). The highest BCUT2D eigenvalue weighted by atomic mass is 35.5. The summed E-state index contributed by atoms with van der Waals surface area (Å²) in [6.45, 7) is 2.85. The molecule has 2 aliphatic heterocycles. The van der Waals surface area contributed by atoms with Crippen molar-refractivity contribution in [3.8, 4) is 0 Å². The maximum Gasteiger partial charge on any atom is 0.253 e. The predicted molar refractivity (Wildman–Crippen MR) is 107 cm³/mol. The fourth-order valence-electron chi connectivity index (χ4n) is 4.73. The van der Waals surface area contributed by atoms with E-state index in [0.29, 0.717) is 37.8 Å². The number of carbonyl (C=O) groups excluding carboxylic acids is 1. The van der Waals surface area contributed by atoms with Gasteiger partial charge in [-0.05, 0) is 42.9 Å². The van der Waals surface area contributed by atoms with Gasteiger partial charge in [0.25, 0.3) is 5.91 Å². The third-order valence-corrected chi connectivity index (χ3v) is 8.72. The minimum Gasteiger partial charge on any atom is -0.379 e. The Kier molecular flexibility index (Phi) is 5.97. The third kappa shape index (κ3) is 3.95. The van der Waals surface area contributed by atoms with E-state index < -0.39 is 10.0 Å². The van der Waals surface area contributed by atoms with Crippen LogP contribution in [0.1, 0.15) is 42.5 Å². The molecular formula is C20H27ClN2O4S. The molecular weight excluding hydrogens is 400 g/mol. The Bertz CT molecular complexity index is 839. The second kappa shape index (κ2) is 8.30. The van der Waals surface area contributed by atoms with Gasteiger partial charge in [0.2, 0.25) is 10.0 Å². The highest BCUT2D eigenvalue weighted by Gasteiger charge is 2.34.